The molecule has 1 amide bonds. The number of nitrogens with zero attached hydrogens (tertiary/aromatic N) is 1. The van der Waals surface area contributed by atoms with Crippen molar-refractivity contribution in [3.05, 3.63) is 41.3 Å². The summed E-state index contributed by atoms with van der Waals surface area (Å²) in [5.41, 5.74) is 0.841. The van der Waals surface area contributed by atoms with Gasteiger partial charge in [0.25, 0.3) is 0 Å². The highest BCUT2D eigenvalue weighted by Crippen LogP contribution is 2.23. The van der Waals surface area contributed by atoms with Crippen molar-refractivity contribution in [3.8, 4) is 0 Å². The molecule has 0 aromatic heterocycles. The summed E-state index contributed by atoms with van der Waals surface area (Å²) in [7, 11) is -3.47. The van der Waals surface area contributed by atoms with Gasteiger partial charge in [0.05, 0.1) is 6.10 Å². The van der Waals surface area contributed by atoms with Gasteiger partial charge in [0, 0.05) is 30.5 Å². The molecule has 1 saturated heterocycles. The largest absolute Gasteiger partial charge is 0.393 e. The predicted octanol–water partition coefficient (Wildman–Crippen LogP) is 2.12. The Hall–Kier alpha value is -1.70. The summed E-state index contributed by atoms with van der Waals surface area (Å²) >= 11 is 0. The molecule has 2 aliphatic rings. The summed E-state index contributed by atoms with van der Waals surface area (Å²) in [6.07, 6.45) is 5.53. The van der Waals surface area contributed by atoms with E-state index in [4.69, 9.17) is 0 Å². The Morgan fingerprint density at radius 1 is 1.04 bits per heavy atom. The summed E-state index contributed by atoms with van der Waals surface area (Å²) in [6, 6.07) is 9.46. The molecule has 0 spiro atoms. The molecule has 1 heterocycles. The van der Waals surface area contributed by atoms with E-state index in [1.54, 1.807) is 6.08 Å². The van der Waals surface area contributed by atoms with Crippen LogP contribution in [0.1, 0.15) is 44.1 Å². The van der Waals surface area contributed by atoms with Crippen LogP contribution in [0.2, 0.25) is 0 Å². The number of carbonyl (C=O) groups is 1. The first-order valence-corrected chi connectivity index (χ1v) is 11.2. The summed E-state index contributed by atoms with van der Waals surface area (Å²) in [4.78, 5) is 12.5. The molecule has 3 rings (SSSR count). The second-order valence-corrected chi connectivity index (χ2v) is 9.26. The first-order valence-electron chi connectivity index (χ1n) is 9.66. The number of carbonyl (C=O) groups excluding carboxylic acids is 1. The molecule has 1 aliphatic carbocycles. The van der Waals surface area contributed by atoms with Crippen LogP contribution in [0.4, 0.5) is 0 Å². The van der Waals surface area contributed by atoms with Gasteiger partial charge in [-0.3, -0.25) is 4.79 Å². The minimum Gasteiger partial charge on any atom is -0.393 e. The van der Waals surface area contributed by atoms with Gasteiger partial charge in [-0.15, -0.1) is 0 Å². The minimum atomic E-state index is -3.47. The number of sulfonamides is 1. The number of hydrogen-bond donors (Lipinski definition) is 2. The summed E-state index contributed by atoms with van der Waals surface area (Å²) in [5.74, 6) is -0.116. The normalized spacial score (nSPS) is 25.5. The molecular weight excluding hydrogens is 364 g/mol. The zero-order valence-corrected chi connectivity index (χ0v) is 16.3. The van der Waals surface area contributed by atoms with Crippen LogP contribution in [0, 0.1) is 5.92 Å². The van der Waals surface area contributed by atoms with E-state index in [9.17, 15) is 18.3 Å². The number of amides is 1. The number of hydrogen-bond acceptors (Lipinski definition) is 4. The van der Waals surface area contributed by atoms with Crippen LogP contribution in [-0.2, 0) is 14.8 Å². The van der Waals surface area contributed by atoms with E-state index in [-0.39, 0.29) is 24.0 Å². The van der Waals surface area contributed by atoms with Crippen molar-refractivity contribution in [2.45, 2.75) is 50.7 Å². The highest BCUT2D eigenvalue weighted by molar-refractivity contribution is 7.92. The molecule has 0 bridgehead atoms. The standard InChI is InChI=1S/C20H28N2O4S/c23-19-8-6-18(7-9-19)21-20(24)17-10-13-22(14-11-17)27(25,26)15-12-16-4-2-1-3-5-16/h1-5,12,15,17-19,23H,6-11,13-14H2,(H,21,24)/b15-12+. The maximum absolute atomic E-state index is 12.5. The third-order valence-corrected chi connectivity index (χ3v) is 7.02. The topological polar surface area (TPSA) is 86.7 Å². The lowest BCUT2D eigenvalue weighted by molar-refractivity contribution is -0.127. The van der Waals surface area contributed by atoms with Gasteiger partial charge < -0.3 is 10.4 Å². The van der Waals surface area contributed by atoms with Gasteiger partial charge in [0.1, 0.15) is 0 Å². The van der Waals surface area contributed by atoms with Gasteiger partial charge in [-0.2, -0.15) is 4.31 Å². The zero-order chi connectivity index (χ0) is 19.3. The molecule has 1 aromatic carbocycles. The third-order valence-electron chi connectivity index (χ3n) is 5.46. The van der Waals surface area contributed by atoms with E-state index in [1.807, 2.05) is 30.3 Å². The molecule has 148 valence electrons. The van der Waals surface area contributed by atoms with E-state index in [2.05, 4.69) is 5.32 Å². The van der Waals surface area contributed by atoms with Crippen molar-refractivity contribution >= 4 is 22.0 Å². The van der Waals surface area contributed by atoms with E-state index < -0.39 is 10.0 Å². The predicted molar refractivity (Wildman–Crippen MR) is 105 cm³/mol. The molecule has 27 heavy (non-hydrogen) atoms. The van der Waals surface area contributed by atoms with Gasteiger partial charge in [-0.05, 0) is 50.2 Å². The molecule has 0 radical (unpaired) electrons. The average Bonchev–Trinajstić information content (AvgIpc) is 2.69. The van der Waals surface area contributed by atoms with Crippen molar-refractivity contribution in [2.24, 2.45) is 5.92 Å². The number of piperidine rings is 1. The van der Waals surface area contributed by atoms with E-state index in [0.29, 0.717) is 25.9 Å². The first kappa shape index (κ1) is 20.0. The van der Waals surface area contributed by atoms with Gasteiger partial charge in [0.15, 0.2) is 0 Å². The van der Waals surface area contributed by atoms with Crippen molar-refractivity contribution in [1.29, 1.82) is 0 Å². The smallest absolute Gasteiger partial charge is 0.236 e. The van der Waals surface area contributed by atoms with E-state index in [0.717, 1.165) is 31.2 Å². The lowest BCUT2D eigenvalue weighted by Crippen LogP contribution is -2.46. The molecule has 0 atom stereocenters. The Morgan fingerprint density at radius 2 is 1.67 bits per heavy atom. The molecule has 6 nitrogen and oxygen atoms in total. The van der Waals surface area contributed by atoms with Gasteiger partial charge in [-0.25, -0.2) is 8.42 Å². The van der Waals surface area contributed by atoms with Crippen LogP contribution < -0.4 is 5.32 Å². The van der Waals surface area contributed by atoms with Gasteiger partial charge >= 0.3 is 0 Å². The Balaban J connectivity index is 1.49. The summed E-state index contributed by atoms with van der Waals surface area (Å²) < 4.78 is 26.4. The lowest BCUT2D eigenvalue weighted by atomic mass is 9.91. The minimum absolute atomic E-state index is 0.0215. The first-order chi connectivity index (χ1) is 12.9. The number of rotatable bonds is 5. The Bertz CT molecular complexity index is 747. The Morgan fingerprint density at radius 3 is 2.30 bits per heavy atom. The van der Waals surface area contributed by atoms with Crippen molar-refractivity contribution in [2.75, 3.05) is 13.1 Å². The molecule has 2 N–H and O–H groups in total. The molecule has 0 unspecified atom stereocenters. The maximum Gasteiger partial charge on any atom is 0.236 e. The number of aliphatic hydroxyl groups excluding tert-OH is 1. The highest BCUT2D eigenvalue weighted by atomic mass is 32.2. The van der Waals surface area contributed by atoms with Crippen LogP contribution in [0.5, 0.6) is 0 Å². The van der Waals surface area contributed by atoms with Crippen LogP contribution in [0.25, 0.3) is 6.08 Å². The summed E-state index contributed by atoms with van der Waals surface area (Å²) in [5, 5.41) is 13.9. The van der Waals surface area contributed by atoms with Crippen LogP contribution in [0.15, 0.2) is 35.7 Å². The van der Waals surface area contributed by atoms with E-state index >= 15 is 0 Å². The zero-order valence-electron chi connectivity index (χ0n) is 15.5. The van der Waals surface area contributed by atoms with Crippen molar-refractivity contribution < 1.29 is 18.3 Å². The quantitative estimate of drug-likeness (QED) is 0.804. The fourth-order valence-electron chi connectivity index (χ4n) is 3.73. The number of aliphatic hydroxyl groups is 1. The third kappa shape index (κ3) is 5.64. The molecule has 1 aromatic rings. The SMILES string of the molecule is O=C(NC1CCC(O)CC1)C1CCN(S(=O)(=O)/C=C/c2ccccc2)CC1. The van der Waals surface area contributed by atoms with Crippen molar-refractivity contribution in [1.82, 2.24) is 9.62 Å². The maximum atomic E-state index is 12.5. The highest BCUT2D eigenvalue weighted by Gasteiger charge is 2.31. The van der Waals surface area contributed by atoms with Crippen LogP contribution in [-0.4, -0.2) is 49.0 Å². The molecular formula is C20H28N2O4S. The van der Waals surface area contributed by atoms with Gasteiger partial charge in [-0.1, -0.05) is 30.3 Å². The molecule has 1 aliphatic heterocycles. The van der Waals surface area contributed by atoms with Crippen LogP contribution >= 0.6 is 0 Å². The Labute approximate surface area is 161 Å². The molecule has 7 heteroatoms. The van der Waals surface area contributed by atoms with Gasteiger partial charge in [0.2, 0.25) is 15.9 Å². The summed E-state index contributed by atoms with van der Waals surface area (Å²) in [6.45, 7) is 0.728. The fraction of sp³-hybridized carbons (Fsp3) is 0.550. The van der Waals surface area contributed by atoms with Crippen molar-refractivity contribution in [3.63, 3.8) is 0 Å². The second-order valence-electron chi connectivity index (χ2n) is 7.45. The number of benzene rings is 1. The fourth-order valence-corrected chi connectivity index (χ4v) is 4.95. The average molecular weight is 393 g/mol. The molecule has 1 saturated carbocycles. The Kier molecular flexibility index (Phi) is 6.68. The second kappa shape index (κ2) is 8.99. The van der Waals surface area contributed by atoms with Crippen LogP contribution in [0.3, 0.4) is 0 Å². The lowest BCUT2D eigenvalue weighted by Gasteiger charge is -2.32. The monoisotopic (exact) mass is 392 g/mol. The molecule has 2 fully saturated rings. The van der Waals surface area contributed by atoms with E-state index in [1.165, 1.54) is 9.71 Å². The number of nitrogens with one attached hydrogen (secondary N) is 1.